The van der Waals surface area contributed by atoms with Gasteiger partial charge in [-0.1, -0.05) is 27.7 Å². The van der Waals surface area contributed by atoms with Crippen molar-refractivity contribution < 1.29 is 15.0 Å². The van der Waals surface area contributed by atoms with Gasteiger partial charge in [0.25, 0.3) is 0 Å². The number of carbonyl (C=O) groups is 1. The van der Waals surface area contributed by atoms with E-state index in [1.807, 2.05) is 27.7 Å². The lowest BCUT2D eigenvalue weighted by atomic mass is 9.57. The fraction of sp³-hybridized carbons (Fsp3) is 0.615. The maximum Gasteiger partial charge on any atom is 0.148 e. The topological polar surface area (TPSA) is 57.5 Å². The van der Waals surface area contributed by atoms with Crippen molar-refractivity contribution >= 4 is 5.78 Å². The van der Waals surface area contributed by atoms with Crippen molar-refractivity contribution in [2.45, 2.75) is 27.7 Å². The monoisotopic (exact) mass is 222 g/mol. The van der Waals surface area contributed by atoms with Crippen molar-refractivity contribution in [3.63, 3.8) is 0 Å². The maximum absolute atomic E-state index is 12.2. The standard InChI is InChI=1S/C13H18O3/c1-12(2)7(5-9(12)14)11(16)8-6-10(15)13(8,3)4/h5-8,14-15H,1-4H3. The molecule has 3 heteroatoms. The van der Waals surface area contributed by atoms with E-state index in [1.54, 1.807) is 12.2 Å². The highest BCUT2D eigenvalue weighted by Gasteiger charge is 2.53. The molecule has 0 fully saturated rings. The van der Waals surface area contributed by atoms with Gasteiger partial charge in [0, 0.05) is 10.8 Å². The zero-order chi connectivity index (χ0) is 12.3. The van der Waals surface area contributed by atoms with Crippen LogP contribution in [0.3, 0.4) is 0 Å². The number of hydrogen-bond acceptors (Lipinski definition) is 3. The molecule has 88 valence electrons. The van der Waals surface area contributed by atoms with E-state index in [9.17, 15) is 15.0 Å². The Morgan fingerprint density at radius 2 is 1.31 bits per heavy atom. The molecule has 0 aromatic heterocycles. The first kappa shape index (κ1) is 11.2. The summed E-state index contributed by atoms with van der Waals surface area (Å²) < 4.78 is 0. The minimum atomic E-state index is -0.452. The van der Waals surface area contributed by atoms with Crippen molar-refractivity contribution in [2.24, 2.45) is 22.7 Å². The van der Waals surface area contributed by atoms with Crippen LogP contribution in [0.1, 0.15) is 27.7 Å². The molecule has 0 saturated heterocycles. The molecule has 2 atom stereocenters. The van der Waals surface area contributed by atoms with Crippen LogP contribution in [0.4, 0.5) is 0 Å². The molecule has 0 bridgehead atoms. The smallest absolute Gasteiger partial charge is 0.148 e. The molecule has 2 aliphatic carbocycles. The maximum atomic E-state index is 12.2. The van der Waals surface area contributed by atoms with Crippen molar-refractivity contribution in [1.82, 2.24) is 0 Å². The highest BCUT2D eigenvalue weighted by atomic mass is 16.3. The second-order valence-electron chi connectivity index (χ2n) is 5.90. The largest absolute Gasteiger partial charge is 0.512 e. The molecule has 16 heavy (non-hydrogen) atoms. The lowest BCUT2D eigenvalue weighted by molar-refractivity contribution is -0.133. The Bertz CT molecular complexity index is 375. The molecule has 2 N–H and O–H groups in total. The zero-order valence-electron chi connectivity index (χ0n) is 10.1. The van der Waals surface area contributed by atoms with Gasteiger partial charge in [-0.2, -0.15) is 0 Å². The Morgan fingerprint density at radius 1 is 1.00 bits per heavy atom. The third kappa shape index (κ3) is 1.17. The fourth-order valence-corrected chi connectivity index (χ4v) is 2.36. The average molecular weight is 222 g/mol. The normalized spacial score (nSPS) is 34.2. The highest BCUT2D eigenvalue weighted by molar-refractivity contribution is 5.91. The first-order chi connectivity index (χ1) is 7.19. The van der Waals surface area contributed by atoms with Crippen LogP contribution in [-0.2, 0) is 4.79 Å². The second kappa shape index (κ2) is 2.90. The summed E-state index contributed by atoms with van der Waals surface area (Å²) in [6.45, 7) is 7.44. The van der Waals surface area contributed by atoms with E-state index < -0.39 is 10.8 Å². The van der Waals surface area contributed by atoms with Crippen LogP contribution in [0.15, 0.2) is 23.7 Å². The summed E-state index contributed by atoms with van der Waals surface area (Å²) >= 11 is 0. The summed E-state index contributed by atoms with van der Waals surface area (Å²) in [5.41, 5.74) is -0.904. The van der Waals surface area contributed by atoms with Gasteiger partial charge in [-0.15, -0.1) is 0 Å². The number of carbonyl (C=O) groups excluding carboxylic acids is 1. The van der Waals surface area contributed by atoms with Gasteiger partial charge in [0.1, 0.15) is 5.78 Å². The summed E-state index contributed by atoms with van der Waals surface area (Å²) in [6.07, 6.45) is 3.23. The lowest BCUT2D eigenvalue weighted by Gasteiger charge is -2.46. The van der Waals surface area contributed by atoms with Crippen LogP contribution in [-0.4, -0.2) is 16.0 Å². The second-order valence-corrected chi connectivity index (χ2v) is 5.90. The molecule has 0 aromatic carbocycles. The van der Waals surface area contributed by atoms with Crippen molar-refractivity contribution in [3.05, 3.63) is 23.7 Å². The Morgan fingerprint density at radius 3 is 1.50 bits per heavy atom. The molecule has 0 aliphatic heterocycles. The number of hydrogen-bond donors (Lipinski definition) is 2. The summed E-state index contributed by atoms with van der Waals surface area (Å²) in [4.78, 5) is 12.2. The van der Waals surface area contributed by atoms with E-state index in [0.717, 1.165) is 0 Å². The Balaban J connectivity index is 2.19. The lowest BCUT2D eigenvalue weighted by Crippen LogP contribution is -2.48. The van der Waals surface area contributed by atoms with Gasteiger partial charge in [-0.05, 0) is 12.2 Å². The van der Waals surface area contributed by atoms with Crippen molar-refractivity contribution in [1.29, 1.82) is 0 Å². The van der Waals surface area contributed by atoms with E-state index in [-0.39, 0.29) is 29.1 Å². The van der Waals surface area contributed by atoms with Gasteiger partial charge in [0.15, 0.2) is 0 Å². The van der Waals surface area contributed by atoms with Crippen LogP contribution >= 0.6 is 0 Å². The summed E-state index contributed by atoms with van der Waals surface area (Å²) in [5, 5.41) is 19.0. The zero-order valence-corrected chi connectivity index (χ0v) is 10.1. The van der Waals surface area contributed by atoms with Crippen LogP contribution in [0.25, 0.3) is 0 Å². The molecule has 0 radical (unpaired) electrons. The first-order valence-electron chi connectivity index (χ1n) is 5.55. The van der Waals surface area contributed by atoms with Crippen LogP contribution in [0.2, 0.25) is 0 Å². The molecule has 2 aliphatic rings. The van der Waals surface area contributed by atoms with Crippen LogP contribution in [0, 0.1) is 22.7 Å². The van der Waals surface area contributed by atoms with Crippen molar-refractivity contribution in [2.75, 3.05) is 0 Å². The Labute approximate surface area is 95.5 Å². The predicted molar refractivity (Wildman–Crippen MR) is 61.0 cm³/mol. The molecule has 3 nitrogen and oxygen atoms in total. The summed E-state index contributed by atoms with van der Waals surface area (Å²) in [7, 11) is 0. The van der Waals surface area contributed by atoms with E-state index >= 15 is 0 Å². The molecular weight excluding hydrogens is 204 g/mol. The molecular formula is C13H18O3. The van der Waals surface area contributed by atoms with Gasteiger partial charge in [-0.3, -0.25) is 4.79 Å². The van der Waals surface area contributed by atoms with E-state index in [2.05, 4.69) is 0 Å². The molecule has 2 rings (SSSR count). The Kier molecular flexibility index (Phi) is 2.04. The van der Waals surface area contributed by atoms with Gasteiger partial charge >= 0.3 is 0 Å². The third-order valence-electron chi connectivity index (χ3n) is 4.14. The number of Topliss-reactive ketones (excluding diaryl/α,β-unsaturated/α-hetero) is 1. The van der Waals surface area contributed by atoms with E-state index in [0.29, 0.717) is 0 Å². The fourth-order valence-electron chi connectivity index (χ4n) is 2.36. The van der Waals surface area contributed by atoms with Gasteiger partial charge in [0.05, 0.1) is 23.4 Å². The summed E-state index contributed by atoms with van der Waals surface area (Å²) in [6, 6.07) is 0. The first-order valence-corrected chi connectivity index (χ1v) is 5.55. The molecule has 0 spiro atoms. The minimum absolute atomic E-state index is 0.0885. The molecule has 0 saturated carbocycles. The predicted octanol–water partition coefficient (Wildman–Crippen LogP) is 2.75. The SMILES string of the molecule is CC1(C)C(O)=CC1C(=O)C1C=C(O)C1(C)C. The average Bonchev–Trinajstić information content (AvgIpc) is 2.21. The van der Waals surface area contributed by atoms with Gasteiger partial charge in [-0.25, -0.2) is 0 Å². The molecule has 2 unspecified atom stereocenters. The Hall–Kier alpha value is -1.25. The van der Waals surface area contributed by atoms with Crippen LogP contribution in [0.5, 0.6) is 0 Å². The quantitative estimate of drug-likeness (QED) is 0.755. The van der Waals surface area contributed by atoms with E-state index in [4.69, 9.17) is 0 Å². The van der Waals surface area contributed by atoms with Gasteiger partial charge < -0.3 is 10.2 Å². The van der Waals surface area contributed by atoms with Crippen LogP contribution < -0.4 is 0 Å². The van der Waals surface area contributed by atoms with Crippen molar-refractivity contribution in [3.8, 4) is 0 Å². The highest BCUT2D eigenvalue weighted by Crippen LogP contribution is 2.51. The number of aliphatic hydroxyl groups is 2. The molecule has 0 heterocycles. The number of aliphatic hydroxyl groups excluding tert-OH is 2. The summed E-state index contributed by atoms with van der Waals surface area (Å²) in [5.74, 6) is 0.195. The number of rotatable bonds is 2. The molecule has 0 aromatic rings. The van der Waals surface area contributed by atoms with Gasteiger partial charge in [0.2, 0.25) is 0 Å². The number of ketones is 1. The minimum Gasteiger partial charge on any atom is -0.512 e. The van der Waals surface area contributed by atoms with E-state index in [1.165, 1.54) is 0 Å². The number of allylic oxidation sites excluding steroid dienone is 4. The third-order valence-corrected chi connectivity index (χ3v) is 4.14. The molecule has 0 amide bonds.